The van der Waals surface area contributed by atoms with E-state index in [0.29, 0.717) is 5.92 Å². The standard InChI is InChI=1S/C16H19N5OS/c1-9-18-15(13-3-4-23-16(13)19-9)20-14(10-5-12(22)6-10)11-7-17-21(2)8-11/h3-4,7-8,10,12,14,22H,5-6H2,1-2H3,(H,18,19,20). The normalized spacial score (nSPS) is 22.0. The van der Waals surface area contributed by atoms with Gasteiger partial charge in [-0.2, -0.15) is 5.10 Å². The van der Waals surface area contributed by atoms with E-state index in [1.165, 1.54) is 0 Å². The maximum Gasteiger partial charge on any atom is 0.138 e. The SMILES string of the molecule is Cc1nc(NC(c2cnn(C)c2)C2CC(O)C2)c2ccsc2n1. The first-order chi connectivity index (χ1) is 11.1. The topological polar surface area (TPSA) is 75.9 Å². The molecule has 7 heteroatoms. The van der Waals surface area contributed by atoms with E-state index in [1.807, 2.05) is 36.4 Å². The lowest BCUT2D eigenvalue weighted by Crippen LogP contribution is -2.36. The molecule has 0 radical (unpaired) electrons. The Morgan fingerprint density at radius 1 is 1.39 bits per heavy atom. The Kier molecular flexibility index (Phi) is 3.54. The van der Waals surface area contributed by atoms with Crippen LogP contribution >= 0.6 is 11.3 Å². The van der Waals surface area contributed by atoms with Crippen LogP contribution in [0.15, 0.2) is 23.8 Å². The summed E-state index contributed by atoms with van der Waals surface area (Å²) in [4.78, 5) is 10.1. The lowest BCUT2D eigenvalue weighted by atomic mass is 9.75. The molecule has 1 saturated carbocycles. The number of fused-ring (bicyclic) bond motifs is 1. The van der Waals surface area contributed by atoms with E-state index in [9.17, 15) is 5.11 Å². The molecular weight excluding hydrogens is 310 g/mol. The summed E-state index contributed by atoms with van der Waals surface area (Å²) in [7, 11) is 1.92. The summed E-state index contributed by atoms with van der Waals surface area (Å²) < 4.78 is 1.81. The van der Waals surface area contributed by atoms with E-state index in [0.717, 1.165) is 40.3 Å². The number of aryl methyl sites for hydroxylation is 2. The van der Waals surface area contributed by atoms with Crippen LogP contribution in [0.2, 0.25) is 0 Å². The molecule has 4 rings (SSSR count). The number of aliphatic hydroxyl groups excluding tert-OH is 1. The largest absolute Gasteiger partial charge is 0.393 e. The van der Waals surface area contributed by atoms with Crippen molar-refractivity contribution in [3.8, 4) is 0 Å². The lowest BCUT2D eigenvalue weighted by molar-refractivity contribution is 0.0339. The monoisotopic (exact) mass is 329 g/mol. The van der Waals surface area contributed by atoms with Crippen LogP contribution in [0.4, 0.5) is 5.82 Å². The first-order valence-electron chi connectivity index (χ1n) is 7.75. The van der Waals surface area contributed by atoms with Crippen molar-refractivity contribution in [2.24, 2.45) is 13.0 Å². The molecule has 3 heterocycles. The zero-order valence-electron chi connectivity index (χ0n) is 13.1. The van der Waals surface area contributed by atoms with Gasteiger partial charge in [-0.1, -0.05) is 0 Å². The predicted molar refractivity (Wildman–Crippen MR) is 90.5 cm³/mol. The number of hydrogen-bond donors (Lipinski definition) is 2. The molecule has 6 nitrogen and oxygen atoms in total. The fourth-order valence-electron chi connectivity index (χ4n) is 3.20. The molecule has 2 N–H and O–H groups in total. The second-order valence-electron chi connectivity index (χ2n) is 6.21. The predicted octanol–water partition coefficient (Wildman–Crippen LogP) is 2.66. The summed E-state index contributed by atoms with van der Waals surface area (Å²) in [5.41, 5.74) is 1.13. The number of hydrogen-bond acceptors (Lipinski definition) is 6. The number of nitrogens with one attached hydrogen (secondary N) is 1. The van der Waals surface area contributed by atoms with Crippen molar-refractivity contribution in [2.75, 3.05) is 5.32 Å². The molecule has 1 fully saturated rings. The van der Waals surface area contributed by atoms with Gasteiger partial charge in [0.25, 0.3) is 0 Å². The van der Waals surface area contributed by atoms with E-state index < -0.39 is 0 Å². The quantitative estimate of drug-likeness (QED) is 0.769. The third-order valence-corrected chi connectivity index (χ3v) is 5.24. The van der Waals surface area contributed by atoms with Gasteiger partial charge in [-0.15, -0.1) is 11.3 Å². The molecule has 1 unspecified atom stereocenters. The molecule has 3 aromatic rings. The Hall–Kier alpha value is -1.99. The van der Waals surface area contributed by atoms with Crippen LogP contribution in [-0.4, -0.2) is 31.0 Å². The summed E-state index contributed by atoms with van der Waals surface area (Å²) in [6, 6.07) is 2.15. The summed E-state index contributed by atoms with van der Waals surface area (Å²) >= 11 is 1.62. The average Bonchev–Trinajstić information content (AvgIpc) is 3.10. The second-order valence-corrected chi connectivity index (χ2v) is 7.11. The van der Waals surface area contributed by atoms with E-state index in [1.54, 1.807) is 11.3 Å². The van der Waals surface area contributed by atoms with Crippen molar-refractivity contribution < 1.29 is 5.11 Å². The Morgan fingerprint density at radius 2 is 2.22 bits per heavy atom. The van der Waals surface area contributed by atoms with Crippen LogP contribution in [0.5, 0.6) is 0 Å². The molecule has 0 bridgehead atoms. The number of aromatic nitrogens is 4. The first-order valence-corrected chi connectivity index (χ1v) is 8.63. The van der Waals surface area contributed by atoms with Crippen molar-refractivity contribution >= 4 is 27.4 Å². The van der Waals surface area contributed by atoms with Crippen LogP contribution in [-0.2, 0) is 7.05 Å². The molecule has 0 spiro atoms. The molecule has 1 atom stereocenters. The molecule has 1 aliphatic carbocycles. The summed E-state index contributed by atoms with van der Waals surface area (Å²) in [5, 5.41) is 20.7. The van der Waals surface area contributed by atoms with Crippen molar-refractivity contribution in [1.82, 2.24) is 19.7 Å². The van der Waals surface area contributed by atoms with Crippen molar-refractivity contribution in [2.45, 2.75) is 31.9 Å². The highest BCUT2D eigenvalue weighted by Crippen LogP contribution is 2.40. The fraction of sp³-hybridized carbons (Fsp3) is 0.438. The third kappa shape index (κ3) is 2.70. The molecule has 0 saturated heterocycles. The van der Waals surface area contributed by atoms with Gasteiger partial charge < -0.3 is 10.4 Å². The molecule has 23 heavy (non-hydrogen) atoms. The zero-order valence-corrected chi connectivity index (χ0v) is 13.9. The number of rotatable bonds is 4. The smallest absolute Gasteiger partial charge is 0.138 e. The van der Waals surface area contributed by atoms with Gasteiger partial charge in [0, 0.05) is 18.8 Å². The minimum absolute atomic E-state index is 0.101. The Bertz CT molecular complexity index is 836. The van der Waals surface area contributed by atoms with Crippen LogP contribution in [0, 0.1) is 12.8 Å². The van der Waals surface area contributed by atoms with Gasteiger partial charge in [0.15, 0.2) is 0 Å². The summed E-state index contributed by atoms with van der Waals surface area (Å²) in [6.45, 7) is 1.91. The van der Waals surface area contributed by atoms with Gasteiger partial charge in [-0.25, -0.2) is 9.97 Å². The van der Waals surface area contributed by atoms with Gasteiger partial charge in [-0.3, -0.25) is 4.68 Å². The van der Waals surface area contributed by atoms with Gasteiger partial charge in [0.05, 0.1) is 23.7 Å². The van der Waals surface area contributed by atoms with Crippen LogP contribution in [0.3, 0.4) is 0 Å². The fourth-order valence-corrected chi connectivity index (χ4v) is 4.01. The maximum absolute atomic E-state index is 9.70. The molecule has 120 valence electrons. The highest BCUT2D eigenvalue weighted by molar-refractivity contribution is 7.16. The van der Waals surface area contributed by atoms with Crippen LogP contribution in [0.25, 0.3) is 10.2 Å². The van der Waals surface area contributed by atoms with E-state index in [-0.39, 0.29) is 12.1 Å². The van der Waals surface area contributed by atoms with Crippen molar-refractivity contribution in [3.63, 3.8) is 0 Å². The van der Waals surface area contributed by atoms with Crippen LogP contribution < -0.4 is 5.32 Å². The number of anilines is 1. The lowest BCUT2D eigenvalue weighted by Gasteiger charge is -2.38. The molecule has 0 amide bonds. The van der Waals surface area contributed by atoms with Gasteiger partial charge in [0.2, 0.25) is 0 Å². The maximum atomic E-state index is 9.70. The molecular formula is C16H19N5OS. The average molecular weight is 329 g/mol. The van der Waals surface area contributed by atoms with Gasteiger partial charge in [0.1, 0.15) is 16.5 Å². The highest BCUT2D eigenvalue weighted by Gasteiger charge is 2.35. The van der Waals surface area contributed by atoms with Gasteiger partial charge >= 0.3 is 0 Å². The summed E-state index contributed by atoms with van der Waals surface area (Å²) in [5.74, 6) is 2.02. The molecule has 1 aliphatic rings. The Morgan fingerprint density at radius 3 is 2.91 bits per heavy atom. The first kappa shape index (κ1) is 14.6. The van der Waals surface area contributed by atoms with E-state index in [4.69, 9.17) is 0 Å². The van der Waals surface area contributed by atoms with Crippen molar-refractivity contribution in [1.29, 1.82) is 0 Å². The van der Waals surface area contributed by atoms with Gasteiger partial charge in [-0.05, 0) is 37.1 Å². The second kappa shape index (κ2) is 5.58. The highest BCUT2D eigenvalue weighted by atomic mass is 32.1. The van der Waals surface area contributed by atoms with Crippen molar-refractivity contribution in [3.05, 3.63) is 35.2 Å². The minimum atomic E-state index is -0.186. The minimum Gasteiger partial charge on any atom is -0.393 e. The van der Waals surface area contributed by atoms with E-state index >= 15 is 0 Å². The zero-order chi connectivity index (χ0) is 16.0. The summed E-state index contributed by atoms with van der Waals surface area (Å²) in [6.07, 6.45) is 5.35. The number of thiophene rings is 1. The Balaban J connectivity index is 1.70. The Labute approximate surface area is 138 Å². The number of aliphatic hydroxyl groups is 1. The molecule has 3 aromatic heterocycles. The van der Waals surface area contributed by atoms with E-state index in [2.05, 4.69) is 26.4 Å². The third-order valence-electron chi connectivity index (χ3n) is 4.43. The number of nitrogens with zero attached hydrogens (tertiary/aromatic N) is 4. The van der Waals surface area contributed by atoms with Crippen LogP contribution in [0.1, 0.15) is 30.3 Å². The molecule has 0 aromatic carbocycles. The molecule has 0 aliphatic heterocycles.